The molecule has 3 aliphatic carbocycles. The average Bonchev–Trinajstić information content (AvgIpc) is 3.39. The summed E-state index contributed by atoms with van der Waals surface area (Å²) in [4.78, 5) is 39.0. The molecule has 37 heavy (non-hydrogen) atoms. The highest BCUT2D eigenvalue weighted by atomic mass is 16.6. The van der Waals surface area contributed by atoms with E-state index in [1.165, 1.54) is 19.6 Å². The number of methoxy groups -OCH3 is 1. The molecule has 0 aromatic carbocycles. The lowest BCUT2D eigenvalue weighted by molar-refractivity contribution is -0.306. The predicted octanol–water partition coefficient (Wildman–Crippen LogP) is 4.03. The number of carbonyl (C=O) groups excluding carboxylic acids is 3. The fraction of sp³-hybridized carbons (Fsp3) is 0.759. The highest BCUT2D eigenvalue weighted by Crippen LogP contribution is 2.70. The van der Waals surface area contributed by atoms with Crippen molar-refractivity contribution < 1.29 is 38.5 Å². The molecule has 2 bridgehead atoms. The molecule has 4 fully saturated rings. The zero-order valence-corrected chi connectivity index (χ0v) is 22.9. The van der Waals surface area contributed by atoms with Crippen molar-refractivity contribution in [2.75, 3.05) is 13.7 Å². The van der Waals surface area contributed by atoms with Crippen molar-refractivity contribution in [1.82, 2.24) is 0 Å². The van der Waals surface area contributed by atoms with Crippen molar-refractivity contribution in [3.63, 3.8) is 0 Å². The van der Waals surface area contributed by atoms with Gasteiger partial charge in [-0.25, -0.2) is 0 Å². The van der Waals surface area contributed by atoms with Gasteiger partial charge < -0.3 is 24.1 Å². The third-order valence-electron chi connectivity index (χ3n) is 10.7. The average molecular weight is 519 g/mol. The zero-order valence-electron chi connectivity index (χ0n) is 22.9. The number of ketones is 1. The topological polar surface area (TPSA) is 123 Å². The van der Waals surface area contributed by atoms with Crippen molar-refractivity contribution in [2.24, 2.45) is 46.3 Å². The van der Waals surface area contributed by atoms with E-state index in [1.54, 1.807) is 13.0 Å². The molecule has 1 aromatic rings. The van der Waals surface area contributed by atoms with Crippen LogP contribution in [0.4, 0.5) is 0 Å². The third kappa shape index (κ3) is 4.06. The molecule has 4 aliphatic rings. The Morgan fingerprint density at radius 2 is 1.89 bits per heavy atom. The van der Waals surface area contributed by atoms with E-state index < -0.39 is 17.1 Å². The number of aliphatic hydroxyl groups excluding tert-OH is 1. The number of carbonyl (C=O) groups is 3. The number of ether oxygens (including phenoxy) is 2. The van der Waals surface area contributed by atoms with E-state index in [-0.39, 0.29) is 71.7 Å². The first-order chi connectivity index (χ1) is 17.4. The third-order valence-corrected chi connectivity index (χ3v) is 10.7. The van der Waals surface area contributed by atoms with E-state index >= 15 is 0 Å². The summed E-state index contributed by atoms with van der Waals surface area (Å²) >= 11 is 0. The van der Waals surface area contributed by atoms with Gasteiger partial charge in [-0.05, 0) is 67.3 Å². The van der Waals surface area contributed by atoms with E-state index in [0.717, 1.165) is 6.42 Å². The summed E-state index contributed by atoms with van der Waals surface area (Å²) in [5.41, 5.74) is -1.80. The molecule has 10 atom stereocenters. The largest absolute Gasteiger partial charge is 0.472 e. The van der Waals surface area contributed by atoms with Crippen molar-refractivity contribution in [3.8, 4) is 0 Å². The summed E-state index contributed by atoms with van der Waals surface area (Å²) in [5, 5.41) is 19.8. The molecule has 1 aromatic heterocycles. The molecule has 5 rings (SSSR count). The number of esters is 2. The summed E-state index contributed by atoms with van der Waals surface area (Å²) in [5.74, 6) is -0.937. The second kappa shape index (κ2) is 9.84. The molecule has 8 nitrogen and oxygen atoms in total. The van der Waals surface area contributed by atoms with Crippen LogP contribution in [-0.2, 0) is 19.1 Å². The maximum Gasteiger partial charge on any atom is 0.306 e. The van der Waals surface area contributed by atoms with Crippen LogP contribution < -0.4 is 0 Å². The first kappa shape index (κ1) is 27.8. The van der Waals surface area contributed by atoms with Gasteiger partial charge >= 0.3 is 11.9 Å². The summed E-state index contributed by atoms with van der Waals surface area (Å²) < 4.78 is 16.2. The SMILES string of the molecule is CCO.COC(=O)C[C@H]1C(C)C[C@@]2(O)C(C)[C@]1(C)C1CC[C@@](C)(C(=O)c3ccoc3)C3CC(=O)O[C@H]2C13. The Bertz CT molecular complexity index is 1020. The van der Waals surface area contributed by atoms with Gasteiger partial charge in [0.15, 0.2) is 5.78 Å². The van der Waals surface area contributed by atoms with Crippen LogP contribution in [0.5, 0.6) is 0 Å². The lowest BCUT2D eigenvalue weighted by atomic mass is 9.36. The first-order valence-electron chi connectivity index (χ1n) is 13.6. The normalized spacial score (nSPS) is 44.0. The molecule has 1 aliphatic heterocycles. The second-order valence-corrected chi connectivity index (χ2v) is 12.2. The molecular weight excluding hydrogens is 476 g/mol. The molecular formula is C29H42O8. The summed E-state index contributed by atoms with van der Waals surface area (Å²) in [7, 11) is 1.42. The van der Waals surface area contributed by atoms with Gasteiger partial charge in [-0.15, -0.1) is 0 Å². The highest BCUT2D eigenvalue weighted by Gasteiger charge is 2.73. The van der Waals surface area contributed by atoms with E-state index in [4.69, 9.17) is 19.0 Å². The maximum absolute atomic E-state index is 13.7. The maximum atomic E-state index is 13.7. The van der Waals surface area contributed by atoms with Gasteiger partial charge in [0.2, 0.25) is 0 Å². The number of hydrogen-bond acceptors (Lipinski definition) is 8. The Hall–Kier alpha value is -2.19. The number of fused-ring (bicyclic) bond motifs is 4. The van der Waals surface area contributed by atoms with Gasteiger partial charge in [-0.3, -0.25) is 14.4 Å². The molecule has 5 unspecified atom stereocenters. The minimum atomic E-state index is -1.20. The van der Waals surface area contributed by atoms with Gasteiger partial charge in [0.1, 0.15) is 18.0 Å². The summed E-state index contributed by atoms with van der Waals surface area (Å²) in [6.45, 7) is 10.2. The Kier molecular flexibility index (Phi) is 7.40. The molecule has 2 heterocycles. The Morgan fingerprint density at radius 3 is 2.49 bits per heavy atom. The molecule has 0 amide bonds. The number of furan rings is 1. The predicted molar refractivity (Wildman–Crippen MR) is 134 cm³/mol. The van der Waals surface area contributed by atoms with Crippen LogP contribution in [0.25, 0.3) is 0 Å². The van der Waals surface area contributed by atoms with Crippen LogP contribution in [0.2, 0.25) is 0 Å². The van der Waals surface area contributed by atoms with Crippen LogP contribution in [0.3, 0.4) is 0 Å². The van der Waals surface area contributed by atoms with Crippen LogP contribution in [0.15, 0.2) is 23.0 Å². The number of rotatable bonds is 4. The van der Waals surface area contributed by atoms with Gasteiger partial charge in [0, 0.05) is 30.8 Å². The second-order valence-electron chi connectivity index (χ2n) is 12.2. The molecule has 8 heteroatoms. The monoisotopic (exact) mass is 518 g/mol. The minimum absolute atomic E-state index is 0.0152. The summed E-state index contributed by atoms with van der Waals surface area (Å²) in [6.07, 6.45) is 4.65. The van der Waals surface area contributed by atoms with E-state index in [1.807, 2.05) is 13.8 Å². The van der Waals surface area contributed by atoms with Crippen LogP contribution >= 0.6 is 0 Å². The van der Waals surface area contributed by atoms with E-state index in [0.29, 0.717) is 24.8 Å². The molecule has 2 N–H and O–H groups in total. The van der Waals surface area contributed by atoms with Crippen LogP contribution in [-0.4, -0.2) is 53.4 Å². The van der Waals surface area contributed by atoms with Crippen LogP contribution in [0.1, 0.15) is 77.1 Å². The lowest BCUT2D eigenvalue weighted by Gasteiger charge is -2.71. The number of aliphatic hydroxyl groups is 2. The number of Topliss-reactive ketones (excluding diaryl/α,β-unsaturated/α-hetero) is 1. The standard InChI is InChI=1S/C27H36O7.C2H6O/c1-14-12-27(31)15(2)26(4,18(14)10-20(28)32-5)17-6-8-25(3,23(30)16-7-9-33-13-16)19-11-21(29)34-24(27)22(17)19;1-2-3/h7,9,13-15,17-19,22,24,31H,6,8,10-12H2,1-5H3;3H,2H2,1H3/t14?,15?,17?,18-,19?,22?,24-,25+,26+,27+;/m0./s1. The smallest absolute Gasteiger partial charge is 0.306 e. The molecule has 3 saturated carbocycles. The van der Waals surface area contributed by atoms with Crippen molar-refractivity contribution in [1.29, 1.82) is 0 Å². The van der Waals surface area contributed by atoms with Gasteiger partial charge in [-0.1, -0.05) is 27.7 Å². The van der Waals surface area contributed by atoms with Gasteiger partial charge in [-0.2, -0.15) is 0 Å². The van der Waals surface area contributed by atoms with Crippen LogP contribution in [0, 0.1) is 46.3 Å². The Labute approximate surface area is 219 Å². The lowest BCUT2D eigenvalue weighted by Crippen LogP contribution is -2.75. The van der Waals surface area contributed by atoms with Crippen molar-refractivity contribution in [3.05, 3.63) is 24.2 Å². The van der Waals surface area contributed by atoms with Gasteiger partial charge in [0.05, 0.1) is 18.9 Å². The highest BCUT2D eigenvalue weighted by molar-refractivity contribution is 6.00. The first-order valence-corrected chi connectivity index (χ1v) is 13.6. The molecule has 206 valence electrons. The number of hydrogen-bond donors (Lipinski definition) is 2. The van der Waals surface area contributed by atoms with Crippen molar-refractivity contribution in [2.45, 2.75) is 78.4 Å². The molecule has 1 saturated heterocycles. The van der Waals surface area contributed by atoms with Gasteiger partial charge in [0.25, 0.3) is 0 Å². The Morgan fingerprint density at radius 1 is 1.22 bits per heavy atom. The fourth-order valence-electron chi connectivity index (χ4n) is 8.89. The van der Waals surface area contributed by atoms with E-state index in [2.05, 4.69) is 13.8 Å². The summed E-state index contributed by atoms with van der Waals surface area (Å²) in [6, 6.07) is 1.68. The quantitative estimate of drug-likeness (QED) is 0.452. The zero-order chi connectivity index (χ0) is 27.3. The Balaban J connectivity index is 0.00000102. The minimum Gasteiger partial charge on any atom is -0.472 e. The molecule has 0 spiro atoms. The fourth-order valence-corrected chi connectivity index (χ4v) is 8.89. The van der Waals surface area contributed by atoms with Crippen molar-refractivity contribution >= 4 is 17.7 Å². The van der Waals surface area contributed by atoms with E-state index in [9.17, 15) is 19.5 Å². The molecule has 0 radical (unpaired) electrons.